The normalized spacial score (nSPS) is 64.2. The lowest BCUT2D eigenvalue weighted by atomic mass is 9.67. The molecular weight excluding hydrogens is 228 g/mol. The second kappa shape index (κ2) is 2.97. The first-order valence-electron chi connectivity index (χ1n) is 7.33. The molecular formula is C15H24O3. The maximum absolute atomic E-state index is 10.8. The Hall–Kier alpha value is -0.120. The number of hydrogen-bond donors (Lipinski definition) is 1. The highest BCUT2D eigenvalue weighted by Crippen LogP contribution is 2.66. The smallest absolute Gasteiger partial charge is 0.198 e. The molecule has 18 heavy (non-hydrogen) atoms. The second-order valence-electron chi connectivity index (χ2n) is 8.06. The monoisotopic (exact) mass is 252 g/mol. The predicted molar refractivity (Wildman–Crippen MR) is 66.9 cm³/mol. The second-order valence-corrected chi connectivity index (χ2v) is 8.06. The van der Waals surface area contributed by atoms with Gasteiger partial charge in [-0.15, -0.1) is 0 Å². The summed E-state index contributed by atoms with van der Waals surface area (Å²) in [6.07, 6.45) is 3.41. The van der Waals surface area contributed by atoms with Gasteiger partial charge in [-0.3, -0.25) is 0 Å². The molecule has 4 rings (SSSR count). The van der Waals surface area contributed by atoms with Crippen LogP contribution < -0.4 is 0 Å². The largest absolute Gasteiger partial charge is 0.369 e. The third kappa shape index (κ3) is 1.17. The lowest BCUT2D eigenvalue weighted by Gasteiger charge is -2.43. The first kappa shape index (κ1) is 11.7. The third-order valence-corrected chi connectivity index (χ3v) is 6.18. The van der Waals surface area contributed by atoms with Gasteiger partial charge in [0.25, 0.3) is 0 Å². The van der Waals surface area contributed by atoms with Crippen LogP contribution in [0.3, 0.4) is 0 Å². The zero-order chi connectivity index (χ0) is 12.9. The minimum Gasteiger partial charge on any atom is -0.369 e. The molecule has 102 valence electrons. The van der Waals surface area contributed by atoms with E-state index >= 15 is 0 Å². The summed E-state index contributed by atoms with van der Waals surface area (Å²) in [5, 5.41) is 10.8. The Morgan fingerprint density at radius 1 is 1.06 bits per heavy atom. The van der Waals surface area contributed by atoms with Crippen molar-refractivity contribution >= 4 is 0 Å². The highest BCUT2D eigenvalue weighted by Gasteiger charge is 2.73. The molecule has 0 aromatic carbocycles. The van der Waals surface area contributed by atoms with Crippen molar-refractivity contribution in [2.75, 3.05) is 0 Å². The van der Waals surface area contributed by atoms with Gasteiger partial charge in [0, 0.05) is 5.92 Å². The summed E-state index contributed by atoms with van der Waals surface area (Å²) in [6, 6.07) is 0. The molecule has 0 aromatic heterocycles. The molecule has 4 aliphatic rings. The molecule has 2 heterocycles. The molecule has 1 N–H and O–H groups in total. The molecule has 2 bridgehead atoms. The van der Waals surface area contributed by atoms with Crippen LogP contribution in [0.5, 0.6) is 0 Å². The SMILES string of the molecule is C[C@H]1OC2C3C[C@](C)(O[C@]31O)[C@H]1CC(C)(C)C[C@@H]21. The molecule has 4 fully saturated rings. The van der Waals surface area contributed by atoms with Crippen LogP contribution in [-0.2, 0) is 9.47 Å². The van der Waals surface area contributed by atoms with Gasteiger partial charge in [0.2, 0.25) is 0 Å². The molecule has 2 aliphatic carbocycles. The van der Waals surface area contributed by atoms with E-state index < -0.39 is 5.79 Å². The fraction of sp³-hybridized carbons (Fsp3) is 1.00. The number of fused-ring (bicyclic) bond motifs is 4. The fourth-order valence-corrected chi connectivity index (χ4v) is 5.49. The number of ether oxygens (including phenoxy) is 2. The van der Waals surface area contributed by atoms with E-state index in [4.69, 9.17) is 9.47 Å². The summed E-state index contributed by atoms with van der Waals surface area (Å²) in [5.74, 6) is 0.291. The van der Waals surface area contributed by atoms with Gasteiger partial charge >= 0.3 is 0 Å². The van der Waals surface area contributed by atoms with Crippen LogP contribution in [0.4, 0.5) is 0 Å². The van der Waals surface area contributed by atoms with E-state index in [2.05, 4.69) is 20.8 Å². The Morgan fingerprint density at radius 2 is 1.78 bits per heavy atom. The summed E-state index contributed by atoms with van der Waals surface area (Å²) < 4.78 is 12.3. The number of hydrogen-bond acceptors (Lipinski definition) is 3. The van der Waals surface area contributed by atoms with E-state index in [0.717, 1.165) is 6.42 Å². The van der Waals surface area contributed by atoms with Crippen LogP contribution in [0.15, 0.2) is 0 Å². The molecule has 0 amide bonds. The van der Waals surface area contributed by atoms with Crippen molar-refractivity contribution in [2.24, 2.45) is 23.2 Å². The lowest BCUT2D eigenvalue weighted by molar-refractivity contribution is -0.269. The van der Waals surface area contributed by atoms with Crippen LogP contribution in [0, 0.1) is 23.2 Å². The molecule has 2 saturated heterocycles. The molecule has 0 radical (unpaired) electrons. The van der Waals surface area contributed by atoms with Crippen molar-refractivity contribution in [2.45, 2.75) is 70.6 Å². The zero-order valence-electron chi connectivity index (χ0n) is 11.8. The Kier molecular flexibility index (Phi) is 1.93. The molecule has 2 unspecified atom stereocenters. The summed E-state index contributed by atoms with van der Waals surface area (Å²) in [5.41, 5.74) is 0.256. The average molecular weight is 252 g/mol. The van der Waals surface area contributed by atoms with Gasteiger partial charge in [-0.2, -0.15) is 0 Å². The van der Waals surface area contributed by atoms with Crippen molar-refractivity contribution in [1.29, 1.82) is 0 Å². The standard InChI is InChI=1S/C15H24O3/c1-8-15(16)11-7-14(4,18-15)10-6-13(2,3)5-9(10)12(11)17-8/h8-12,16H,5-7H2,1-4H3/t8-,9-,10+,11?,12?,14+,15+/m1/s1. The van der Waals surface area contributed by atoms with Gasteiger partial charge in [0.05, 0.1) is 11.7 Å². The van der Waals surface area contributed by atoms with Crippen molar-refractivity contribution in [3.8, 4) is 0 Å². The van der Waals surface area contributed by atoms with Crippen LogP contribution in [0.25, 0.3) is 0 Å². The number of rotatable bonds is 0. The van der Waals surface area contributed by atoms with Gasteiger partial charge in [-0.25, -0.2) is 0 Å². The zero-order valence-corrected chi connectivity index (χ0v) is 11.8. The average Bonchev–Trinajstić information content (AvgIpc) is 2.76. The van der Waals surface area contributed by atoms with E-state index in [1.807, 2.05) is 6.92 Å². The third-order valence-electron chi connectivity index (χ3n) is 6.18. The van der Waals surface area contributed by atoms with Gasteiger partial charge in [0.15, 0.2) is 5.79 Å². The van der Waals surface area contributed by atoms with E-state index in [9.17, 15) is 5.11 Å². The number of aliphatic hydroxyl groups is 1. The van der Waals surface area contributed by atoms with Gasteiger partial charge < -0.3 is 14.6 Å². The quantitative estimate of drug-likeness (QED) is 0.719. The van der Waals surface area contributed by atoms with E-state index in [1.165, 1.54) is 12.8 Å². The van der Waals surface area contributed by atoms with Crippen LogP contribution in [0.2, 0.25) is 0 Å². The Morgan fingerprint density at radius 3 is 2.50 bits per heavy atom. The Bertz CT molecular complexity index is 407. The molecule has 3 nitrogen and oxygen atoms in total. The minimum atomic E-state index is -1.02. The highest BCUT2D eigenvalue weighted by molar-refractivity contribution is 5.17. The highest BCUT2D eigenvalue weighted by atomic mass is 16.7. The van der Waals surface area contributed by atoms with E-state index in [-0.39, 0.29) is 23.7 Å². The van der Waals surface area contributed by atoms with Crippen molar-refractivity contribution in [1.82, 2.24) is 0 Å². The first-order valence-corrected chi connectivity index (χ1v) is 7.33. The van der Waals surface area contributed by atoms with Gasteiger partial charge in [-0.1, -0.05) is 13.8 Å². The molecule has 0 aromatic rings. The van der Waals surface area contributed by atoms with E-state index in [0.29, 0.717) is 17.3 Å². The minimum absolute atomic E-state index is 0.133. The van der Waals surface area contributed by atoms with E-state index in [1.54, 1.807) is 0 Å². The summed E-state index contributed by atoms with van der Waals surface area (Å²) in [4.78, 5) is 0. The van der Waals surface area contributed by atoms with Crippen molar-refractivity contribution in [3.05, 3.63) is 0 Å². The summed E-state index contributed by atoms with van der Waals surface area (Å²) in [6.45, 7) is 8.88. The molecule has 7 atom stereocenters. The van der Waals surface area contributed by atoms with Crippen molar-refractivity contribution in [3.63, 3.8) is 0 Å². The molecule has 2 saturated carbocycles. The maximum atomic E-state index is 10.8. The fourth-order valence-electron chi connectivity index (χ4n) is 5.49. The van der Waals surface area contributed by atoms with Crippen molar-refractivity contribution < 1.29 is 14.6 Å². The predicted octanol–water partition coefficient (Wildman–Crippen LogP) is 2.32. The van der Waals surface area contributed by atoms with Gasteiger partial charge in [0.1, 0.15) is 6.10 Å². The van der Waals surface area contributed by atoms with Gasteiger partial charge in [-0.05, 0) is 50.4 Å². The topological polar surface area (TPSA) is 38.7 Å². The lowest BCUT2D eigenvalue weighted by Crippen LogP contribution is -2.47. The molecule has 3 heteroatoms. The summed E-state index contributed by atoms with van der Waals surface area (Å²) >= 11 is 0. The summed E-state index contributed by atoms with van der Waals surface area (Å²) in [7, 11) is 0. The Labute approximate surface area is 109 Å². The van der Waals surface area contributed by atoms with Crippen LogP contribution in [0.1, 0.15) is 47.0 Å². The Balaban J connectivity index is 1.79. The maximum Gasteiger partial charge on any atom is 0.198 e. The first-order chi connectivity index (χ1) is 8.25. The van der Waals surface area contributed by atoms with Crippen LogP contribution >= 0.6 is 0 Å². The molecule has 0 spiro atoms. The molecule has 2 aliphatic heterocycles. The van der Waals surface area contributed by atoms with Crippen LogP contribution in [-0.4, -0.2) is 28.7 Å².